The highest BCUT2D eigenvalue weighted by molar-refractivity contribution is 5.94. The van der Waals surface area contributed by atoms with Crippen LogP contribution in [0.25, 0.3) is 0 Å². The van der Waals surface area contributed by atoms with Gasteiger partial charge in [-0.15, -0.1) is 0 Å². The Balaban J connectivity index is 2.84. The molecule has 98 valence electrons. The number of halogens is 3. The van der Waals surface area contributed by atoms with E-state index in [1.807, 2.05) is 5.32 Å². The number of hydrogen-bond acceptors (Lipinski definition) is 2. The van der Waals surface area contributed by atoms with Crippen LogP contribution in [0.4, 0.5) is 13.2 Å². The van der Waals surface area contributed by atoms with E-state index in [4.69, 9.17) is 0 Å². The second-order valence-corrected chi connectivity index (χ2v) is 4.37. The third kappa shape index (κ3) is 3.20. The molecule has 0 aromatic heterocycles. The summed E-state index contributed by atoms with van der Waals surface area (Å²) in [7, 11) is 0. The number of amides is 1. The minimum Gasteiger partial charge on any atom is -0.336 e. The SMILES string of the molecule is CCC(=O)C1(NC(=O)C(F)(F)F)CCCCC1. The molecule has 0 atom stereocenters. The van der Waals surface area contributed by atoms with Gasteiger partial charge in [0, 0.05) is 6.42 Å². The molecule has 1 aliphatic carbocycles. The second kappa shape index (κ2) is 5.06. The summed E-state index contributed by atoms with van der Waals surface area (Å²) in [5.41, 5.74) is -1.29. The lowest BCUT2D eigenvalue weighted by atomic mass is 9.77. The van der Waals surface area contributed by atoms with E-state index >= 15 is 0 Å². The topological polar surface area (TPSA) is 46.2 Å². The molecule has 3 nitrogen and oxygen atoms in total. The first-order valence-electron chi connectivity index (χ1n) is 5.74. The number of carbonyl (C=O) groups excluding carboxylic acids is 2. The van der Waals surface area contributed by atoms with Crippen molar-refractivity contribution < 1.29 is 22.8 Å². The summed E-state index contributed by atoms with van der Waals surface area (Å²) in [4.78, 5) is 22.7. The van der Waals surface area contributed by atoms with E-state index in [1.54, 1.807) is 6.92 Å². The first-order chi connectivity index (χ1) is 7.82. The summed E-state index contributed by atoms with van der Waals surface area (Å²) in [6.45, 7) is 1.60. The fourth-order valence-electron chi connectivity index (χ4n) is 2.26. The quantitative estimate of drug-likeness (QED) is 0.836. The molecule has 1 saturated carbocycles. The Kier molecular flexibility index (Phi) is 4.16. The van der Waals surface area contributed by atoms with Gasteiger partial charge in [-0.1, -0.05) is 26.2 Å². The summed E-state index contributed by atoms with van der Waals surface area (Å²) in [5, 5.41) is 1.91. The number of ketones is 1. The van der Waals surface area contributed by atoms with Crippen LogP contribution in [0.15, 0.2) is 0 Å². The molecule has 6 heteroatoms. The zero-order valence-electron chi connectivity index (χ0n) is 9.69. The van der Waals surface area contributed by atoms with Crippen molar-refractivity contribution in [3.05, 3.63) is 0 Å². The van der Waals surface area contributed by atoms with Gasteiger partial charge in [-0.3, -0.25) is 9.59 Å². The van der Waals surface area contributed by atoms with Crippen molar-refractivity contribution in [3.63, 3.8) is 0 Å². The summed E-state index contributed by atoms with van der Waals surface area (Å²) in [6.07, 6.45) is -1.95. The van der Waals surface area contributed by atoms with Crippen LogP contribution >= 0.6 is 0 Å². The van der Waals surface area contributed by atoms with Gasteiger partial charge in [0.1, 0.15) is 0 Å². The molecule has 1 rings (SSSR count). The van der Waals surface area contributed by atoms with E-state index in [2.05, 4.69) is 0 Å². The molecule has 1 N–H and O–H groups in total. The fraction of sp³-hybridized carbons (Fsp3) is 0.818. The minimum atomic E-state index is -4.93. The zero-order valence-corrected chi connectivity index (χ0v) is 9.69. The molecule has 0 spiro atoms. The molecule has 1 amide bonds. The predicted octanol–water partition coefficient (Wildman–Crippen LogP) is 2.35. The highest BCUT2D eigenvalue weighted by Gasteiger charge is 2.46. The van der Waals surface area contributed by atoms with Crippen molar-refractivity contribution >= 4 is 11.7 Å². The number of rotatable bonds is 3. The molecule has 0 heterocycles. The molecular formula is C11H16F3NO2. The van der Waals surface area contributed by atoms with Gasteiger partial charge < -0.3 is 5.32 Å². The minimum absolute atomic E-state index is 0.137. The molecule has 0 unspecified atom stereocenters. The number of nitrogens with one attached hydrogen (secondary N) is 1. The first-order valence-corrected chi connectivity index (χ1v) is 5.74. The largest absolute Gasteiger partial charge is 0.471 e. The van der Waals surface area contributed by atoms with Gasteiger partial charge in [-0.25, -0.2) is 0 Å². The molecule has 0 aromatic rings. The van der Waals surface area contributed by atoms with Crippen molar-refractivity contribution in [1.82, 2.24) is 5.32 Å². The van der Waals surface area contributed by atoms with Crippen LogP contribution < -0.4 is 5.32 Å². The zero-order chi connectivity index (χ0) is 13.1. The van der Waals surface area contributed by atoms with Crippen molar-refractivity contribution in [2.45, 2.75) is 57.2 Å². The molecule has 0 radical (unpaired) electrons. The van der Waals surface area contributed by atoms with Crippen LogP contribution in [0.1, 0.15) is 45.4 Å². The molecule has 0 aromatic carbocycles. The summed E-state index contributed by atoms with van der Waals surface area (Å²) >= 11 is 0. The number of Topliss-reactive ketones (excluding diaryl/α,β-unsaturated/α-hetero) is 1. The maximum atomic E-state index is 12.2. The van der Waals surface area contributed by atoms with Gasteiger partial charge in [-0.2, -0.15) is 13.2 Å². The number of hydrogen-bond donors (Lipinski definition) is 1. The smallest absolute Gasteiger partial charge is 0.336 e. The van der Waals surface area contributed by atoms with Crippen LogP contribution in [-0.4, -0.2) is 23.4 Å². The Morgan fingerprint density at radius 3 is 2.12 bits per heavy atom. The summed E-state index contributed by atoms with van der Waals surface area (Å²) in [6, 6.07) is 0. The molecule has 0 saturated heterocycles. The van der Waals surface area contributed by atoms with E-state index in [1.165, 1.54) is 0 Å². The Bertz CT molecular complexity index is 306. The van der Waals surface area contributed by atoms with Crippen molar-refractivity contribution in [1.29, 1.82) is 0 Å². The van der Waals surface area contributed by atoms with Crippen LogP contribution in [-0.2, 0) is 9.59 Å². The average molecular weight is 251 g/mol. The Labute approximate surface area is 97.8 Å². The number of carbonyl (C=O) groups is 2. The normalized spacial score (nSPS) is 19.8. The lowest BCUT2D eigenvalue weighted by molar-refractivity contribution is -0.176. The standard InChI is InChI=1S/C11H16F3NO2/c1-2-8(16)10(6-4-3-5-7-10)15-9(17)11(12,13)14/h2-7H2,1H3,(H,15,17). The third-order valence-electron chi connectivity index (χ3n) is 3.17. The van der Waals surface area contributed by atoms with Crippen LogP contribution in [0.2, 0.25) is 0 Å². The van der Waals surface area contributed by atoms with Gasteiger partial charge in [0.25, 0.3) is 0 Å². The Morgan fingerprint density at radius 2 is 1.71 bits per heavy atom. The lowest BCUT2D eigenvalue weighted by Crippen LogP contribution is -2.58. The van der Waals surface area contributed by atoms with Crippen molar-refractivity contribution in [3.8, 4) is 0 Å². The highest BCUT2D eigenvalue weighted by Crippen LogP contribution is 2.31. The molecule has 1 aliphatic rings. The lowest BCUT2D eigenvalue weighted by Gasteiger charge is -2.36. The van der Waals surface area contributed by atoms with Gasteiger partial charge >= 0.3 is 12.1 Å². The average Bonchev–Trinajstić information content (AvgIpc) is 2.27. The van der Waals surface area contributed by atoms with Gasteiger partial charge in [-0.05, 0) is 12.8 Å². The van der Waals surface area contributed by atoms with Crippen molar-refractivity contribution in [2.24, 2.45) is 0 Å². The van der Waals surface area contributed by atoms with E-state index in [0.29, 0.717) is 25.7 Å². The van der Waals surface area contributed by atoms with Gasteiger partial charge in [0.05, 0.1) is 5.54 Å². The molecular weight excluding hydrogens is 235 g/mol. The number of alkyl halides is 3. The highest BCUT2D eigenvalue weighted by atomic mass is 19.4. The van der Waals surface area contributed by atoms with Crippen molar-refractivity contribution in [2.75, 3.05) is 0 Å². The Hall–Kier alpha value is -1.07. The second-order valence-electron chi connectivity index (χ2n) is 4.37. The van der Waals surface area contributed by atoms with E-state index < -0.39 is 17.6 Å². The van der Waals surface area contributed by atoms with Gasteiger partial charge in [0.15, 0.2) is 5.78 Å². The van der Waals surface area contributed by atoms with E-state index in [-0.39, 0.29) is 12.2 Å². The third-order valence-corrected chi connectivity index (χ3v) is 3.17. The maximum Gasteiger partial charge on any atom is 0.471 e. The molecule has 0 bridgehead atoms. The molecule has 1 fully saturated rings. The Morgan fingerprint density at radius 1 is 1.18 bits per heavy atom. The van der Waals surface area contributed by atoms with Gasteiger partial charge in [0.2, 0.25) is 0 Å². The maximum absolute atomic E-state index is 12.2. The molecule has 17 heavy (non-hydrogen) atoms. The molecule has 0 aliphatic heterocycles. The summed E-state index contributed by atoms with van der Waals surface area (Å²) < 4.78 is 36.7. The summed E-state index contributed by atoms with van der Waals surface area (Å²) in [5.74, 6) is -2.32. The predicted molar refractivity (Wildman–Crippen MR) is 55.3 cm³/mol. The fourth-order valence-corrected chi connectivity index (χ4v) is 2.26. The van der Waals surface area contributed by atoms with Crippen LogP contribution in [0.5, 0.6) is 0 Å². The van der Waals surface area contributed by atoms with E-state index in [0.717, 1.165) is 6.42 Å². The van der Waals surface area contributed by atoms with Crippen LogP contribution in [0.3, 0.4) is 0 Å². The van der Waals surface area contributed by atoms with Crippen LogP contribution in [0, 0.1) is 0 Å². The van der Waals surface area contributed by atoms with E-state index in [9.17, 15) is 22.8 Å². The monoisotopic (exact) mass is 251 g/mol. The first kappa shape index (κ1) is 14.0.